The van der Waals surface area contributed by atoms with E-state index in [1.54, 1.807) is 0 Å². The summed E-state index contributed by atoms with van der Waals surface area (Å²) in [4.78, 5) is 13.2. The summed E-state index contributed by atoms with van der Waals surface area (Å²) in [6, 6.07) is -1.17. The van der Waals surface area contributed by atoms with Gasteiger partial charge in [-0.2, -0.15) is 0 Å². The van der Waals surface area contributed by atoms with Crippen LogP contribution in [0, 0.1) is 0 Å². The highest BCUT2D eigenvalue weighted by molar-refractivity contribution is 5.80. The van der Waals surface area contributed by atoms with Gasteiger partial charge in [0.25, 0.3) is 0 Å². The molecule has 1 saturated heterocycles. The first-order chi connectivity index (χ1) is 35.7. The van der Waals surface area contributed by atoms with Crippen molar-refractivity contribution in [3.63, 3.8) is 0 Å². The zero-order valence-corrected chi connectivity index (χ0v) is 47.6. The lowest BCUT2D eigenvalue weighted by molar-refractivity contribution is -0.303. The van der Waals surface area contributed by atoms with Crippen LogP contribution < -0.4 is 5.32 Å². The van der Waals surface area contributed by atoms with Crippen LogP contribution in [-0.4, -0.2) is 110 Å². The fourth-order valence-corrected chi connectivity index (χ4v) is 10.4. The van der Waals surface area contributed by atoms with E-state index in [4.69, 9.17) is 9.47 Å². The van der Waals surface area contributed by atoms with Crippen molar-refractivity contribution in [2.45, 2.75) is 364 Å². The van der Waals surface area contributed by atoms with Crippen molar-refractivity contribution in [1.29, 1.82) is 0 Å². The molecule has 0 radical (unpaired) electrons. The summed E-state index contributed by atoms with van der Waals surface area (Å²) in [5.74, 6) is -0.696. The largest absolute Gasteiger partial charge is 0.394 e. The lowest BCUT2D eigenvalue weighted by Gasteiger charge is -2.40. The van der Waals surface area contributed by atoms with Crippen LogP contribution in [0.1, 0.15) is 309 Å². The summed E-state index contributed by atoms with van der Waals surface area (Å²) < 4.78 is 11.2. The quantitative estimate of drug-likeness (QED) is 0.0215. The maximum Gasteiger partial charge on any atom is 0.249 e. The van der Waals surface area contributed by atoms with Gasteiger partial charge in [-0.3, -0.25) is 4.79 Å². The van der Waals surface area contributed by atoms with E-state index in [-0.39, 0.29) is 6.42 Å². The van der Waals surface area contributed by atoms with E-state index in [2.05, 4.69) is 31.3 Å². The summed E-state index contributed by atoms with van der Waals surface area (Å²) in [6.07, 6.45) is 49.9. The predicted molar refractivity (Wildman–Crippen MR) is 303 cm³/mol. The number of allylic oxidation sites excluding steroid dienone is 2. The molecule has 0 aromatic rings. The minimum Gasteiger partial charge on any atom is -0.394 e. The maximum absolute atomic E-state index is 13.2. The maximum atomic E-state index is 13.2. The molecule has 73 heavy (non-hydrogen) atoms. The van der Waals surface area contributed by atoms with Crippen molar-refractivity contribution < 1.29 is 50.0 Å². The van der Waals surface area contributed by atoms with Crippen molar-refractivity contribution in [3.8, 4) is 0 Å². The molecular formula is C62H121NO10. The molecule has 0 spiro atoms. The normalized spacial score (nSPS) is 19.9. The highest BCUT2D eigenvalue weighted by Gasteiger charge is 2.44. The van der Waals surface area contributed by atoms with Gasteiger partial charge in [0.2, 0.25) is 5.91 Å². The number of hydrogen-bond acceptors (Lipinski definition) is 10. The monoisotopic (exact) mass is 1040 g/mol. The van der Waals surface area contributed by atoms with Gasteiger partial charge in [0.05, 0.1) is 25.4 Å². The van der Waals surface area contributed by atoms with Crippen molar-refractivity contribution >= 4 is 5.91 Å². The van der Waals surface area contributed by atoms with E-state index in [1.165, 1.54) is 218 Å². The third kappa shape index (κ3) is 39.8. The molecule has 0 aromatic carbocycles. The molecule has 9 atom stereocenters. The van der Waals surface area contributed by atoms with Crippen LogP contribution in [0.3, 0.4) is 0 Å². The first kappa shape index (κ1) is 69.9. The lowest BCUT2D eigenvalue weighted by Crippen LogP contribution is -2.60. The van der Waals surface area contributed by atoms with Gasteiger partial charge in [-0.25, -0.2) is 0 Å². The average molecular weight is 1040 g/mol. The third-order valence-electron chi connectivity index (χ3n) is 15.6. The Hall–Kier alpha value is -1.15. The van der Waals surface area contributed by atoms with Crippen molar-refractivity contribution in [1.82, 2.24) is 5.32 Å². The molecule has 1 aliphatic heterocycles. The van der Waals surface area contributed by atoms with Gasteiger partial charge in [0.1, 0.15) is 36.6 Å². The number of amides is 1. The Balaban J connectivity index is 2.24. The Kier molecular flexibility index (Phi) is 49.4. The molecule has 0 aromatic heterocycles. The third-order valence-corrected chi connectivity index (χ3v) is 15.6. The fraction of sp³-hybridized carbons (Fsp3) is 0.952. The molecule has 434 valence electrons. The molecule has 1 amide bonds. The lowest BCUT2D eigenvalue weighted by atomic mass is 9.98. The first-order valence-electron chi connectivity index (χ1n) is 31.6. The zero-order chi connectivity index (χ0) is 53.3. The molecule has 1 rings (SSSR count). The van der Waals surface area contributed by atoms with Gasteiger partial charge < -0.3 is 50.5 Å². The molecule has 0 aliphatic carbocycles. The van der Waals surface area contributed by atoms with Gasteiger partial charge in [-0.05, 0) is 38.5 Å². The van der Waals surface area contributed by atoms with E-state index in [9.17, 15) is 40.5 Å². The van der Waals surface area contributed by atoms with E-state index in [1.807, 2.05) is 0 Å². The molecule has 9 unspecified atom stereocenters. The van der Waals surface area contributed by atoms with Gasteiger partial charge >= 0.3 is 0 Å². The number of rotatable bonds is 55. The van der Waals surface area contributed by atoms with Crippen LogP contribution in [0.4, 0.5) is 0 Å². The van der Waals surface area contributed by atoms with Crippen LogP contribution in [-0.2, 0) is 14.3 Å². The predicted octanol–water partition coefficient (Wildman–Crippen LogP) is 13.9. The Bertz CT molecular complexity index is 1190. The molecule has 1 heterocycles. The number of aliphatic hydroxyl groups is 7. The standard InChI is InChI=1S/C62H121NO10/c1-3-5-7-9-11-13-15-17-19-21-23-24-25-26-27-28-29-30-31-32-34-35-37-39-41-43-45-47-49-54(65)57(67)53(52-72-62-60(70)59(69)58(68)56(51-64)73-62)63-61(71)55(66)50-48-46-44-42-40-38-36-33-22-20-18-16-14-12-10-8-6-4-2/h22,33,53-60,62,64-70H,3-21,23-32,34-52H2,1-2H3,(H,63,71)/b33-22-. The number of ether oxygens (including phenoxy) is 2. The smallest absolute Gasteiger partial charge is 0.249 e. The minimum absolute atomic E-state index is 0.256. The SMILES string of the molecule is CCCCCCCCCC/C=C\CCCCCCCCC(O)C(=O)NC(COC1OC(CO)C(O)C(O)C1O)C(O)C(O)CCCCCCCCCCCCCCCCCCCCCCCCCCCCCC. The summed E-state index contributed by atoms with van der Waals surface area (Å²) >= 11 is 0. The van der Waals surface area contributed by atoms with Crippen LogP contribution in [0.25, 0.3) is 0 Å². The average Bonchev–Trinajstić information content (AvgIpc) is 3.39. The first-order valence-corrected chi connectivity index (χ1v) is 31.6. The van der Waals surface area contributed by atoms with E-state index in [0.717, 1.165) is 51.4 Å². The van der Waals surface area contributed by atoms with Gasteiger partial charge in [0, 0.05) is 0 Å². The number of hydrogen-bond donors (Lipinski definition) is 8. The second-order valence-electron chi connectivity index (χ2n) is 22.5. The highest BCUT2D eigenvalue weighted by atomic mass is 16.7. The Labute approximate surface area is 449 Å². The van der Waals surface area contributed by atoms with E-state index >= 15 is 0 Å². The second-order valence-corrected chi connectivity index (χ2v) is 22.5. The molecule has 11 nitrogen and oxygen atoms in total. The summed E-state index contributed by atoms with van der Waals surface area (Å²) in [5.41, 5.74) is 0. The molecule has 8 N–H and O–H groups in total. The fourth-order valence-electron chi connectivity index (χ4n) is 10.4. The minimum atomic E-state index is -1.66. The highest BCUT2D eigenvalue weighted by Crippen LogP contribution is 2.24. The molecule has 11 heteroatoms. The number of carbonyl (C=O) groups is 1. The van der Waals surface area contributed by atoms with Crippen molar-refractivity contribution in [2.24, 2.45) is 0 Å². The van der Waals surface area contributed by atoms with Crippen LogP contribution in [0.15, 0.2) is 12.2 Å². The summed E-state index contributed by atoms with van der Waals surface area (Å²) in [6.45, 7) is 3.49. The number of aliphatic hydroxyl groups excluding tert-OH is 7. The van der Waals surface area contributed by atoms with E-state index in [0.29, 0.717) is 19.3 Å². The molecule has 1 fully saturated rings. The van der Waals surface area contributed by atoms with Crippen molar-refractivity contribution in [2.75, 3.05) is 13.2 Å². The van der Waals surface area contributed by atoms with Crippen LogP contribution in [0.2, 0.25) is 0 Å². The van der Waals surface area contributed by atoms with Gasteiger partial charge in [-0.15, -0.1) is 0 Å². The Morgan fingerprint density at radius 2 is 0.795 bits per heavy atom. The van der Waals surface area contributed by atoms with Gasteiger partial charge in [0.15, 0.2) is 6.29 Å². The molecule has 0 saturated carbocycles. The van der Waals surface area contributed by atoms with Crippen molar-refractivity contribution in [3.05, 3.63) is 12.2 Å². The Morgan fingerprint density at radius 3 is 1.15 bits per heavy atom. The van der Waals surface area contributed by atoms with Crippen LogP contribution in [0.5, 0.6) is 0 Å². The zero-order valence-electron chi connectivity index (χ0n) is 47.6. The van der Waals surface area contributed by atoms with E-state index < -0.39 is 74.2 Å². The second kappa shape index (κ2) is 51.6. The van der Waals surface area contributed by atoms with Gasteiger partial charge in [-0.1, -0.05) is 283 Å². The molecular weight excluding hydrogens is 919 g/mol. The number of carbonyl (C=O) groups excluding carboxylic acids is 1. The van der Waals surface area contributed by atoms with Crippen LogP contribution >= 0.6 is 0 Å². The molecule has 0 bridgehead atoms. The number of unbranched alkanes of at least 4 members (excludes halogenated alkanes) is 41. The topological polar surface area (TPSA) is 189 Å². The number of nitrogens with one attached hydrogen (secondary N) is 1. The Morgan fingerprint density at radius 1 is 0.466 bits per heavy atom. The molecule has 1 aliphatic rings. The summed E-state index contributed by atoms with van der Waals surface area (Å²) in [5, 5.41) is 76.3. The summed E-state index contributed by atoms with van der Waals surface area (Å²) in [7, 11) is 0.